The van der Waals surface area contributed by atoms with Crippen molar-refractivity contribution in [3.8, 4) is 5.75 Å². The Morgan fingerprint density at radius 3 is 2.42 bits per heavy atom. The molecule has 0 aliphatic rings. The first-order chi connectivity index (χ1) is 8.78. The average Bonchev–Trinajstić information content (AvgIpc) is 2.29. The molecular weight excluding hydrogens is 263 g/mol. The van der Waals surface area contributed by atoms with E-state index in [0.29, 0.717) is 5.69 Å². The highest BCUT2D eigenvalue weighted by Crippen LogP contribution is 2.23. The lowest BCUT2D eigenvalue weighted by molar-refractivity contribution is -0.274. The Hall–Kier alpha value is -2.18. The SMILES string of the molecule is C/C(=C/CNc1ccc(OC(F)(F)F)cc1)C(=O)O. The second-order valence-corrected chi connectivity index (χ2v) is 3.65. The Bertz CT molecular complexity index is 466. The van der Waals surface area contributed by atoms with Gasteiger partial charge in [0.1, 0.15) is 5.75 Å². The second kappa shape index (κ2) is 6.12. The molecule has 4 nitrogen and oxygen atoms in total. The van der Waals surface area contributed by atoms with Crippen LogP contribution >= 0.6 is 0 Å². The van der Waals surface area contributed by atoms with E-state index in [1.165, 1.54) is 37.3 Å². The topological polar surface area (TPSA) is 58.6 Å². The lowest BCUT2D eigenvalue weighted by Crippen LogP contribution is -2.17. The van der Waals surface area contributed by atoms with Crippen molar-refractivity contribution >= 4 is 11.7 Å². The number of carboxylic acids is 1. The van der Waals surface area contributed by atoms with Crippen LogP contribution in [0.5, 0.6) is 5.75 Å². The largest absolute Gasteiger partial charge is 0.573 e. The minimum Gasteiger partial charge on any atom is -0.478 e. The number of carboxylic acid groups (broad SMARTS) is 1. The van der Waals surface area contributed by atoms with Crippen molar-refractivity contribution in [1.29, 1.82) is 0 Å². The second-order valence-electron chi connectivity index (χ2n) is 3.65. The number of halogens is 3. The molecule has 1 aromatic carbocycles. The highest BCUT2D eigenvalue weighted by molar-refractivity contribution is 5.85. The number of hydrogen-bond donors (Lipinski definition) is 2. The number of ether oxygens (including phenoxy) is 1. The van der Waals surface area contributed by atoms with Crippen molar-refractivity contribution in [2.45, 2.75) is 13.3 Å². The number of nitrogens with one attached hydrogen (secondary N) is 1. The fourth-order valence-electron chi connectivity index (χ4n) is 1.18. The fraction of sp³-hybridized carbons (Fsp3) is 0.250. The maximum Gasteiger partial charge on any atom is 0.573 e. The molecule has 0 saturated carbocycles. The van der Waals surface area contributed by atoms with Gasteiger partial charge in [-0.2, -0.15) is 0 Å². The summed E-state index contributed by atoms with van der Waals surface area (Å²) in [5, 5.41) is 11.4. The third-order valence-electron chi connectivity index (χ3n) is 2.14. The van der Waals surface area contributed by atoms with E-state index in [1.807, 2.05) is 0 Å². The minimum atomic E-state index is -4.71. The molecule has 104 valence electrons. The molecule has 1 rings (SSSR count). The molecule has 1 aromatic rings. The van der Waals surface area contributed by atoms with Crippen molar-refractivity contribution in [1.82, 2.24) is 0 Å². The minimum absolute atomic E-state index is 0.185. The Labute approximate surface area is 107 Å². The van der Waals surface area contributed by atoms with Gasteiger partial charge in [0.25, 0.3) is 0 Å². The Kier molecular flexibility index (Phi) is 4.80. The first-order valence-electron chi connectivity index (χ1n) is 5.27. The van der Waals surface area contributed by atoms with E-state index >= 15 is 0 Å². The normalized spacial score (nSPS) is 12.1. The van der Waals surface area contributed by atoms with Crippen LogP contribution in [-0.2, 0) is 4.79 Å². The molecule has 0 unspecified atom stereocenters. The maximum atomic E-state index is 11.9. The fourth-order valence-corrected chi connectivity index (χ4v) is 1.18. The Balaban J connectivity index is 2.53. The molecule has 0 aliphatic carbocycles. The Morgan fingerprint density at radius 2 is 1.95 bits per heavy atom. The molecule has 0 saturated heterocycles. The van der Waals surface area contributed by atoms with Crippen LogP contribution in [0.1, 0.15) is 6.92 Å². The van der Waals surface area contributed by atoms with Crippen LogP contribution in [-0.4, -0.2) is 24.0 Å². The van der Waals surface area contributed by atoms with Gasteiger partial charge < -0.3 is 15.2 Å². The summed E-state index contributed by atoms with van der Waals surface area (Å²) in [7, 11) is 0. The third kappa shape index (κ3) is 5.80. The summed E-state index contributed by atoms with van der Waals surface area (Å²) in [5.41, 5.74) is 0.744. The van der Waals surface area contributed by atoms with E-state index in [1.54, 1.807) is 0 Å². The molecule has 0 aromatic heterocycles. The van der Waals surface area contributed by atoms with Gasteiger partial charge in [0.2, 0.25) is 0 Å². The highest BCUT2D eigenvalue weighted by Gasteiger charge is 2.30. The summed E-state index contributed by atoms with van der Waals surface area (Å²) in [4.78, 5) is 10.5. The van der Waals surface area contributed by atoms with E-state index in [9.17, 15) is 18.0 Å². The molecule has 0 bridgehead atoms. The molecule has 0 radical (unpaired) electrons. The van der Waals surface area contributed by atoms with Crippen LogP contribution in [0, 0.1) is 0 Å². The molecule has 19 heavy (non-hydrogen) atoms. The summed E-state index contributed by atoms with van der Waals surface area (Å²) >= 11 is 0. The zero-order valence-electron chi connectivity index (χ0n) is 9.99. The number of anilines is 1. The molecule has 0 aliphatic heterocycles. The number of carbonyl (C=O) groups is 1. The van der Waals surface area contributed by atoms with Crippen LogP contribution in [0.3, 0.4) is 0 Å². The summed E-state index contributed by atoms with van der Waals surface area (Å²) in [6.07, 6.45) is -3.25. The molecule has 7 heteroatoms. The van der Waals surface area contributed by atoms with E-state index < -0.39 is 12.3 Å². The summed E-state index contributed by atoms with van der Waals surface area (Å²) in [5.74, 6) is -1.33. The van der Waals surface area contributed by atoms with Gasteiger partial charge in [-0.15, -0.1) is 13.2 Å². The van der Waals surface area contributed by atoms with Gasteiger partial charge in [-0.25, -0.2) is 4.79 Å². The molecule has 2 N–H and O–H groups in total. The van der Waals surface area contributed by atoms with Gasteiger partial charge in [0.05, 0.1) is 0 Å². The maximum absolute atomic E-state index is 11.9. The number of rotatable bonds is 5. The van der Waals surface area contributed by atoms with Gasteiger partial charge in [-0.3, -0.25) is 0 Å². The highest BCUT2D eigenvalue weighted by atomic mass is 19.4. The van der Waals surface area contributed by atoms with Gasteiger partial charge >= 0.3 is 12.3 Å². The monoisotopic (exact) mass is 275 g/mol. The van der Waals surface area contributed by atoms with E-state index in [0.717, 1.165) is 0 Å². The molecule has 0 atom stereocenters. The summed E-state index contributed by atoms with van der Waals surface area (Å²) in [6.45, 7) is 1.71. The molecular formula is C12H12F3NO3. The van der Waals surface area contributed by atoms with Crippen LogP contribution < -0.4 is 10.1 Å². The Morgan fingerprint density at radius 1 is 1.37 bits per heavy atom. The smallest absolute Gasteiger partial charge is 0.478 e. The van der Waals surface area contributed by atoms with E-state index in [4.69, 9.17) is 5.11 Å². The first-order valence-corrected chi connectivity index (χ1v) is 5.27. The van der Waals surface area contributed by atoms with Crippen molar-refractivity contribution < 1.29 is 27.8 Å². The number of hydrogen-bond acceptors (Lipinski definition) is 3. The number of benzene rings is 1. The van der Waals surface area contributed by atoms with E-state index in [-0.39, 0.29) is 17.9 Å². The zero-order valence-corrected chi connectivity index (χ0v) is 9.99. The van der Waals surface area contributed by atoms with Crippen LogP contribution in [0.15, 0.2) is 35.9 Å². The third-order valence-corrected chi connectivity index (χ3v) is 2.14. The van der Waals surface area contributed by atoms with Crippen molar-refractivity contribution in [2.75, 3.05) is 11.9 Å². The first kappa shape index (κ1) is 14.9. The van der Waals surface area contributed by atoms with E-state index in [2.05, 4.69) is 10.1 Å². The zero-order chi connectivity index (χ0) is 14.5. The van der Waals surface area contributed by atoms with Gasteiger partial charge in [0, 0.05) is 17.8 Å². The van der Waals surface area contributed by atoms with Crippen LogP contribution in [0.25, 0.3) is 0 Å². The molecule has 0 amide bonds. The van der Waals surface area contributed by atoms with Crippen LogP contribution in [0.2, 0.25) is 0 Å². The molecule has 0 fully saturated rings. The van der Waals surface area contributed by atoms with Gasteiger partial charge in [0.15, 0.2) is 0 Å². The van der Waals surface area contributed by atoms with Crippen molar-refractivity contribution in [3.63, 3.8) is 0 Å². The lowest BCUT2D eigenvalue weighted by atomic mass is 10.2. The number of alkyl halides is 3. The molecule has 0 spiro atoms. The summed E-state index contributed by atoms with van der Waals surface area (Å²) in [6, 6.07) is 5.16. The van der Waals surface area contributed by atoms with Gasteiger partial charge in [-0.05, 0) is 31.2 Å². The standard InChI is InChI=1S/C12H12F3NO3/c1-8(11(17)18)6-7-16-9-2-4-10(5-3-9)19-12(13,14)15/h2-6,16H,7H2,1H3,(H,17,18)/b8-6-. The quantitative estimate of drug-likeness (QED) is 0.811. The lowest BCUT2D eigenvalue weighted by Gasteiger charge is -2.09. The predicted octanol–water partition coefficient (Wildman–Crippen LogP) is 3.03. The van der Waals surface area contributed by atoms with Crippen molar-refractivity contribution in [2.24, 2.45) is 0 Å². The average molecular weight is 275 g/mol. The van der Waals surface area contributed by atoms with Crippen LogP contribution in [0.4, 0.5) is 18.9 Å². The van der Waals surface area contributed by atoms with Crippen molar-refractivity contribution in [3.05, 3.63) is 35.9 Å². The predicted molar refractivity (Wildman–Crippen MR) is 63.0 cm³/mol. The summed E-state index contributed by atoms with van der Waals surface area (Å²) < 4.78 is 39.4. The molecule has 0 heterocycles. The number of aliphatic carboxylic acids is 1. The van der Waals surface area contributed by atoms with Gasteiger partial charge in [-0.1, -0.05) is 6.08 Å².